The standard InChI is InChI=1S/C10H21NO2/c1-4-5-9(8(2)3)10(13)11-6-7-12/h8-9,12H,4-7H2,1-3H3,(H,11,13). The van der Waals surface area contributed by atoms with Gasteiger partial charge in [0, 0.05) is 12.5 Å². The van der Waals surface area contributed by atoms with Gasteiger partial charge in [0.2, 0.25) is 5.91 Å². The third-order valence-corrected chi connectivity index (χ3v) is 2.15. The van der Waals surface area contributed by atoms with Crippen molar-refractivity contribution in [1.82, 2.24) is 5.32 Å². The van der Waals surface area contributed by atoms with E-state index in [1.54, 1.807) is 0 Å². The van der Waals surface area contributed by atoms with E-state index < -0.39 is 0 Å². The second kappa shape index (κ2) is 6.89. The first kappa shape index (κ1) is 12.4. The number of aliphatic hydroxyl groups excluding tert-OH is 1. The molecule has 3 heteroatoms. The molecule has 0 fully saturated rings. The van der Waals surface area contributed by atoms with Crippen molar-refractivity contribution in [3.8, 4) is 0 Å². The first-order valence-electron chi connectivity index (χ1n) is 5.02. The lowest BCUT2D eigenvalue weighted by Crippen LogP contribution is -2.35. The maximum absolute atomic E-state index is 11.5. The van der Waals surface area contributed by atoms with Crippen molar-refractivity contribution in [2.75, 3.05) is 13.2 Å². The van der Waals surface area contributed by atoms with E-state index in [4.69, 9.17) is 5.11 Å². The summed E-state index contributed by atoms with van der Waals surface area (Å²) in [5.74, 6) is 0.543. The Morgan fingerprint density at radius 2 is 2.08 bits per heavy atom. The molecule has 0 aromatic carbocycles. The van der Waals surface area contributed by atoms with Gasteiger partial charge in [0.05, 0.1) is 6.61 Å². The molecule has 0 aliphatic heterocycles. The van der Waals surface area contributed by atoms with Gasteiger partial charge in [-0.1, -0.05) is 27.2 Å². The monoisotopic (exact) mass is 187 g/mol. The molecule has 0 bridgehead atoms. The molecule has 1 atom stereocenters. The zero-order valence-electron chi connectivity index (χ0n) is 8.84. The lowest BCUT2D eigenvalue weighted by atomic mass is 9.90. The summed E-state index contributed by atoms with van der Waals surface area (Å²) in [7, 11) is 0. The molecule has 0 aliphatic carbocycles. The van der Waals surface area contributed by atoms with Crippen LogP contribution in [0.2, 0.25) is 0 Å². The van der Waals surface area contributed by atoms with Crippen molar-refractivity contribution in [2.45, 2.75) is 33.6 Å². The van der Waals surface area contributed by atoms with Crippen LogP contribution in [-0.4, -0.2) is 24.2 Å². The number of nitrogens with one attached hydrogen (secondary N) is 1. The second-order valence-electron chi connectivity index (χ2n) is 3.65. The highest BCUT2D eigenvalue weighted by atomic mass is 16.3. The van der Waals surface area contributed by atoms with Crippen LogP contribution in [-0.2, 0) is 4.79 Å². The average Bonchev–Trinajstić information content (AvgIpc) is 2.09. The molecule has 0 radical (unpaired) electrons. The topological polar surface area (TPSA) is 49.3 Å². The lowest BCUT2D eigenvalue weighted by Gasteiger charge is -2.19. The van der Waals surface area contributed by atoms with Gasteiger partial charge in [0.1, 0.15) is 0 Å². The summed E-state index contributed by atoms with van der Waals surface area (Å²) in [4.78, 5) is 11.5. The molecule has 0 aromatic heterocycles. The third-order valence-electron chi connectivity index (χ3n) is 2.15. The molecule has 0 spiro atoms. The fraction of sp³-hybridized carbons (Fsp3) is 0.900. The summed E-state index contributed by atoms with van der Waals surface area (Å²) < 4.78 is 0. The van der Waals surface area contributed by atoms with Gasteiger partial charge in [0.25, 0.3) is 0 Å². The van der Waals surface area contributed by atoms with Gasteiger partial charge in [-0.15, -0.1) is 0 Å². The van der Waals surface area contributed by atoms with E-state index in [0.29, 0.717) is 12.5 Å². The molecule has 0 aromatic rings. The van der Waals surface area contributed by atoms with E-state index in [-0.39, 0.29) is 18.4 Å². The Kier molecular flexibility index (Phi) is 6.59. The molecule has 13 heavy (non-hydrogen) atoms. The minimum Gasteiger partial charge on any atom is -0.395 e. The van der Waals surface area contributed by atoms with Crippen molar-refractivity contribution < 1.29 is 9.90 Å². The summed E-state index contributed by atoms with van der Waals surface area (Å²) in [6.45, 7) is 6.57. The summed E-state index contributed by atoms with van der Waals surface area (Å²) in [6.07, 6.45) is 1.95. The van der Waals surface area contributed by atoms with E-state index in [2.05, 4.69) is 26.1 Å². The Labute approximate surface area is 80.5 Å². The second-order valence-corrected chi connectivity index (χ2v) is 3.65. The molecular formula is C10H21NO2. The van der Waals surface area contributed by atoms with E-state index in [0.717, 1.165) is 12.8 Å². The van der Waals surface area contributed by atoms with Gasteiger partial charge in [0.15, 0.2) is 0 Å². The average molecular weight is 187 g/mol. The Bertz CT molecular complexity index is 146. The smallest absolute Gasteiger partial charge is 0.223 e. The molecule has 0 saturated heterocycles. The fourth-order valence-electron chi connectivity index (χ4n) is 1.39. The lowest BCUT2D eigenvalue weighted by molar-refractivity contribution is -0.126. The third kappa shape index (κ3) is 4.88. The van der Waals surface area contributed by atoms with Crippen LogP contribution in [0, 0.1) is 11.8 Å². The van der Waals surface area contributed by atoms with Gasteiger partial charge in [-0.05, 0) is 12.3 Å². The zero-order valence-corrected chi connectivity index (χ0v) is 8.84. The molecule has 3 nitrogen and oxygen atoms in total. The van der Waals surface area contributed by atoms with E-state index in [1.165, 1.54) is 0 Å². The van der Waals surface area contributed by atoms with Gasteiger partial charge in [-0.3, -0.25) is 4.79 Å². The van der Waals surface area contributed by atoms with Crippen LogP contribution in [0.15, 0.2) is 0 Å². The van der Waals surface area contributed by atoms with Gasteiger partial charge in [-0.25, -0.2) is 0 Å². The van der Waals surface area contributed by atoms with Crippen molar-refractivity contribution in [3.63, 3.8) is 0 Å². The SMILES string of the molecule is CCCC(C(=O)NCCO)C(C)C. The summed E-state index contributed by atoms with van der Waals surface area (Å²) in [5, 5.41) is 11.3. The number of hydrogen-bond acceptors (Lipinski definition) is 2. The maximum Gasteiger partial charge on any atom is 0.223 e. The Hall–Kier alpha value is -0.570. The first-order chi connectivity index (χ1) is 6.13. The molecule has 0 rings (SSSR count). The molecule has 0 saturated carbocycles. The maximum atomic E-state index is 11.5. The van der Waals surface area contributed by atoms with Crippen molar-refractivity contribution in [3.05, 3.63) is 0 Å². The summed E-state index contributed by atoms with van der Waals surface area (Å²) in [6, 6.07) is 0. The number of amides is 1. The van der Waals surface area contributed by atoms with Gasteiger partial charge >= 0.3 is 0 Å². The number of rotatable bonds is 6. The van der Waals surface area contributed by atoms with E-state index >= 15 is 0 Å². The molecular weight excluding hydrogens is 166 g/mol. The van der Waals surface area contributed by atoms with Crippen molar-refractivity contribution in [2.24, 2.45) is 11.8 Å². The van der Waals surface area contributed by atoms with Crippen LogP contribution < -0.4 is 5.32 Å². The van der Waals surface area contributed by atoms with Crippen molar-refractivity contribution >= 4 is 5.91 Å². The van der Waals surface area contributed by atoms with Gasteiger partial charge in [-0.2, -0.15) is 0 Å². The predicted octanol–water partition coefficient (Wildman–Crippen LogP) is 1.17. The zero-order chi connectivity index (χ0) is 10.3. The number of hydrogen-bond donors (Lipinski definition) is 2. The van der Waals surface area contributed by atoms with Crippen LogP contribution in [0.1, 0.15) is 33.6 Å². The van der Waals surface area contributed by atoms with Gasteiger partial charge < -0.3 is 10.4 Å². The molecule has 0 heterocycles. The fourth-order valence-corrected chi connectivity index (χ4v) is 1.39. The highest BCUT2D eigenvalue weighted by Gasteiger charge is 2.20. The number of carbonyl (C=O) groups is 1. The van der Waals surface area contributed by atoms with Crippen LogP contribution in [0.25, 0.3) is 0 Å². The van der Waals surface area contributed by atoms with Crippen LogP contribution in [0.5, 0.6) is 0 Å². The highest BCUT2D eigenvalue weighted by molar-refractivity contribution is 5.78. The quantitative estimate of drug-likeness (QED) is 0.655. The molecule has 0 aliphatic rings. The minimum atomic E-state index is 0.0165. The van der Waals surface area contributed by atoms with Crippen molar-refractivity contribution in [1.29, 1.82) is 0 Å². The number of carbonyl (C=O) groups excluding carboxylic acids is 1. The minimum absolute atomic E-state index is 0.0165. The number of aliphatic hydroxyl groups is 1. The molecule has 1 amide bonds. The molecule has 78 valence electrons. The predicted molar refractivity (Wildman–Crippen MR) is 53.3 cm³/mol. The largest absolute Gasteiger partial charge is 0.395 e. The summed E-state index contributed by atoms with van der Waals surface area (Å²) in [5.41, 5.74) is 0. The Balaban J connectivity index is 3.96. The van der Waals surface area contributed by atoms with Crippen LogP contribution in [0.4, 0.5) is 0 Å². The Morgan fingerprint density at radius 3 is 2.46 bits per heavy atom. The molecule has 1 unspecified atom stereocenters. The summed E-state index contributed by atoms with van der Waals surface area (Å²) >= 11 is 0. The van der Waals surface area contributed by atoms with E-state index in [9.17, 15) is 4.79 Å². The van der Waals surface area contributed by atoms with Crippen LogP contribution in [0.3, 0.4) is 0 Å². The first-order valence-corrected chi connectivity index (χ1v) is 5.02. The van der Waals surface area contributed by atoms with Crippen LogP contribution >= 0.6 is 0 Å². The highest BCUT2D eigenvalue weighted by Crippen LogP contribution is 2.16. The van der Waals surface area contributed by atoms with E-state index in [1.807, 2.05) is 0 Å². The Morgan fingerprint density at radius 1 is 1.46 bits per heavy atom. The molecule has 2 N–H and O–H groups in total. The normalized spacial score (nSPS) is 13.0.